The molecule has 1 saturated heterocycles. The van der Waals surface area contributed by atoms with Gasteiger partial charge in [0.2, 0.25) is 0 Å². The quantitative estimate of drug-likeness (QED) is 0.828. The van der Waals surface area contributed by atoms with Crippen LogP contribution in [0.3, 0.4) is 0 Å². The molecular formula is C16H25BrN2O3S. The van der Waals surface area contributed by atoms with Crippen LogP contribution in [0.25, 0.3) is 0 Å². The number of nitrogens with zero attached hydrogens (tertiary/aromatic N) is 1. The number of hydrogen-bond acceptors (Lipinski definition) is 5. The summed E-state index contributed by atoms with van der Waals surface area (Å²) in [5.74, 6) is 0. The van der Waals surface area contributed by atoms with Gasteiger partial charge in [-0.25, -0.2) is 4.79 Å². The van der Waals surface area contributed by atoms with Gasteiger partial charge in [0.15, 0.2) is 0 Å². The van der Waals surface area contributed by atoms with E-state index in [1.54, 1.807) is 23.3 Å². The van der Waals surface area contributed by atoms with Gasteiger partial charge in [-0.15, -0.1) is 11.3 Å². The van der Waals surface area contributed by atoms with Crippen LogP contribution in [0.5, 0.6) is 0 Å². The standard InChI is InChI=1S/C16H25BrN2O3S/c1-10(13-6-7-14(17)23-13)18-11-8-19(9-12(11)21-5)15(20)22-16(2,3)4/h6-7,10-12,18H,8-9H2,1-5H3/t10?,11?,12-/m0/s1. The Morgan fingerprint density at radius 1 is 1.43 bits per heavy atom. The highest BCUT2D eigenvalue weighted by Crippen LogP contribution is 2.28. The van der Waals surface area contributed by atoms with E-state index in [0.29, 0.717) is 13.1 Å². The molecule has 0 radical (unpaired) electrons. The molecule has 130 valence electrons. The Labute approximate surface area is 150 Å². The zero-order chi connectivity index (χ0) is 17.2. The first kappa shape index (κ1) is 18.7. The summed E-state index contributed by atoms with van der Waals surface area (Å²) in [7, 11) is 1.68. The molecule has 1 aliphatic rings. The van der Waals surface area contributed by atoms with Crippen LogP contribution >= 0.6 is 27.3 Å². The number of thiophene rings is 1. The van der Waals surface area contributed by atoms with E-state index in [1.807, 2.05) is 26.8 Å². The number of likely N-dealkylation sites (tertiary alicyclic amines) is 1. The van der Waals surface area contributed by atoms with Crippen molar-refractivity contribution in [2.75, 3.05) is 20.2 Å². The molecule has 23 heavy (non-hydrogen) atoms. The van der Waals surface area contributed by atoms with Crippen molar-refractivity contribution < 1.29 is 14.3 Å². The van der Waals surface area contributed by atoms with E-state index in [-0.39, 0.29) is 24.3 Å². The highest BCUT2D eigenvalue weighted by Gasteiger charge is 2.38. The fourth-order valence-electron chi connectivity index (χ4n) is 2.61. The monoisotopic (exact) mass is 404 g/mol. The smallest absolute Gasteiger partial charge is 0.410 e. The summed E-state index contributed by atoms with van der Waals surface area (Å²) >= 11 is 5.20. The van der Waals surface area contributed by atoms with Crippen LogP contribution in [0, 0.1) is 0 Å². The molecule has 1 aliphatic heterocycles. The third-order valence-corrected chi connectivity index (χ3v) is 5.51. The normalized spacial score (nSPS) is 23.1. The van der Waals surface area contributed by atoms with Gasteiger partial charge >= 0.3 is 6.09 Å². The van der Waals surface area contributed by atoms with E-state index in [0.717, 1.165) is 3.79 Å². The average Bonchev–Trinajstić information content (AvgIpc) is 3.03. The van der Waals surface area contributed by atoms with E-state index < -0.39 is 5.60 Å². The highest BCUT2D eigenvalue weighted by atomic mass is 79.9. The molecule has 5 nitrogen and oxygen atoms in total. The number of ether oxygens (including phenoxy) is 2. The van der Waals surface area contributed by atoms with Crippen molar-refractivity contribution in [1.82, 2.24) is 10.2 Å². The van der Waals surface area contributed by atoms with Crippen LogP contribution in [-0.4, -0.2) is 48.9 Å². The van der Waals surface area contributed by atoms with Gasteiger partial charge in [0.05, 0.1) is 22.5 Å². The molecular weight excluding hydrogens is 380 g/mol. The van der Waals surface area contributed by atoms with Crippen molar-refractivity contribution in [3.8, 4) is 0 Å². The number of nitrogens with one attached hydrogen (secondary N) is 1. The summed E-state index contributed by atoms with van der Waals surface area (Å²) < 4.78 is 12.1. The molecule has 7 heteroatoms. The Bertz CT molecular complexity index is 544. The van der Waals surface area contributed by atoms with Crippen LogP contribution < -0.4 is 5.32 Å². The van der Waals surface area contributed by atoms with Crippen LogP contribution in [0.1, 0.15) is 38.6 Å². The third kappa shape index (κ3) is 5.17. The number of methoxy groups -OCH3 is 1. The Morgan fingerprint density at radius 2 is 2.13 bits per heavy atom. The van der Waals surface area contributed by atoms with Gasteiger partial charge in [-0.2, -0.15) is 0 Å². The van der Waals surface area contributed by atoms with Crippen molar-refractivity contribution in [2.45, 2.75) is 51.5 Å². The molecule has 0 bridgehead atoms. The van der Waals surface area contributed by atoms with E-state index in [9.17, 15) is 4.79 Å². The maximum atomic E-state index is 12.2. The SMILES string of the molecule is CO[C@H]1CN(C(=O)OC(C)(C)C)CC1NC(C)c1ccc(Br)s1. The van der Waals surface area contributed by atoms with Gasteiger partial charge < -0.3 is 19.7 Å². The van der Waals surface area contributed by atoms with Crippen LogP contribution in [-0.2, 0) is 9.47 Å². The first-order valence-corrected chi connectivity index (χ1v) is 9.32. The predicted octanol–water partition coefficient (Wildman–Crippen LogP) is 3.80. The number of rotatable bonds is 4. The molecule has 0 spiro atoms. The summed E-state index contributed by atoms with van der Waals surface area (Å²) in [6.07, 6.45) is -0.316. The zero-order valence-electron chi connectivity index (χ0n) is 14.3. The Balaban J connectivity index is 1.97. The van der Waals surface area contributed by atoms with Crippen LogP contribution in [0.2, 0.25) is 0 Å². The van der Waals surface area contributed by atoms with Crippen molar-refractivity contribution in [3.63, 3.8) is 0 Å². The summed E-state index contributed by atoms with van der Waals surface area (Å²) in [5, 5.41) is 3.57. The van der Waals surface area contributed by atoms with Crippen molar-refractivity contribution >= 4 is 33.4 Å². The van der Waals surface area contributed by atoms with Crippen molar-refractivity contribution in [3.05, 3.63) is 20.8 Å². The van der Waals surface area contributed by atoms with Crippen molar-refractivity contribution in [1.29, 1.82) is 0 Å². The minimum Gasteiger partial charge on any atom is -0.444 e. The fourth-order valence-corrected chi connectivity index (χ4v) is 4.05. The molecule has 1 amide bonds. The second kappa shape index (κ2) is 7.51. The summed E-state index contributed by atoms with van der Waals surface area (Å²) in [6, 6.07) is 4.44. The first-order chi connectivity index (χ1) is 10.7. The molecule has 1 aromatic rings. The fraction of sp³-hybridized carbons (Fsp3) is 0.688. The largest absolute Gasteiger partial charge is 0.444 e. The molecule has 1 aromatic heterocycles. The summed E-state index contributed by atoms with van der Waals surface area (Å²) in [6.45, 7) is 8.89. The van der Waals surface area contributed by atoms with Gasteiger partial charge in [-0.05, 0) is 55.8 Å². The van der Waals surface area contributed by atoms with E-state index in [2.05, 4.69) is 34.2 Å². The number of carbonyl (C=O) groups excluding carboxylic acids is 1. The van der Waals surface area contributed by atoms with Crippen LogP contribution in [0.4, 0.5) is 4.79 Å². The van der Waals surface area contributed by atoms with E-state index >= 15 is 0 Å². The second-order valence-corrected chi connectivity index (χ2v) is 9.29. The lowest BCUT2D eigenvalue weighted by molar-refractivity contribution is 0.0252. The van der Waals surface area contributed by atoms with Gasteiger partial charge in [0.1, 0.15) is 5.60 Å². The second-order valence-electron chi connectivity index (χ2n) is 6.80. The number of hydrogen-bond donors (Lipinski definition) is 1. The van der Waals surface area contributed by atoms with Crippen molar-refractivity contribution in [2.24, 2.45) is 0 Å². The summed E-state index contributed by atoms with van der Waals surface area (Å²) in [5.41, 5.74) is -0.484. The van der Waals surface area contributed by atoms with E-state index in [4.69, 9.17) is 9.47 Å². The molecule has 0 aliphatic carbocycles. The minimum atomic E-state index is -0.484. The lowest BCUT2D eigenvalue weighted by atomic mass is 10.1. The Morgan fingerprint density at radius 3 is 2.65 bits per heavy atom. The van der Waals surface area contributed by atoms with E-state index in [1.165, 1.54) is 4.88 Å². The van der Waals surface area contributed by atoms with Gasteiger partial charge in [-0.3, -0.25) is 0 Å². The summed E-state index contributed by atoms with van der Waals surface area (Å²) in [4.78, 5) is 15.2. The maximum Gasteiger partial charge on any atom is 0.410 e. The maximum absolute atomic E-state index is 12.2. The first-order valence-electron chi connectivity index (χ1n) is 7.71. The molecule has 0 aromatic carbocycles. The number of halogens is 1. The number of carbonyl (C=O) groups is 1. The predicted molar refractivity (Wildman–Crippen MR) is 96.0 cm³/mol. The molecule has 1 fully saturated rings. The average molecular weight is 405 g/mol. The highest BCUT2D eigenvalue weighted by molar-refractivity contribution is 9.11. The molecule has 1 N–H and O–H groups in total. The van der Waals surface area contributed by atoms with Gasteiger partial charge in [-0.1, -0.05) is 0 Å². The van der Waals surface area contributed by atoms with Crippen LogP contribution in [0.15, 0.2) is 15.9 Å². The van der Waals surface area contributed by atoms with Gasteiger partial charge in [0.25, 0.3) is 0 Å². The lowest BCUT2D eigenvalue weighted by Gasteiger charge is -2.24. The molecule has 2 unspecified atom stereocenters. The number of amides is 1. The topological polar surface area (TPSA) is 50.8 Å². The molecule has 3 atom stereocenters. The lowest BCUT2D eigenvalue weighted by Crippen LogP contribution is -2.41. The minimum absolute atomic E-state index is 0.0339. The molecule has 2 heterocycles. The Kier molecular flexibility index (Phi) is 6.10. The third-order valence-electron chi connectivity index (χ3n) is 3.71. The molecule has 2 rings (SSSR count). The zero-order valence-corrected chi connectivity index (χ0v) is 16.7. The molecule has 0 saturated carbocycles. The Hall–Kier alpha value is -0.630. The van der Waals surface area contributed by atoms with Gasteiger partial charge in [0, 0.05) is 24.6 Å².